The highest BCUT2D eigenvalue weighted by molar-refractivity contribution is 6.30. The van der Waals surface area contributed by atoms with Gasteiger partial charge in [-0.2, -0.15) is 10.2 Å². The zero-order valence-electron chi connectivity index (χ0n) is 11.7. The summed E-state index contributed by atoms with van der Waals surface area (Å²) in [5.74, 6) is 0. The van der Waals surface area contributed by atoms with Gasteiger partial charge in [0.05, 0.1) is 5.69 Å². The first-order chi connectivity index (χ1) is 8.89. The van der Waals surface area contributed by atoms with E-state index in [1.54, 1.807) is 12.1 Å². The SMILES string of the molecule is CC(C)=CCCCC(C)(Cl)N=Nc1ccc(Cl)cc1. The van der Waals surface area contributed by atoms with Gasteiger partial charge in [-0.05, 0) is 64.3 Å². The summed E-state index contributed by atoms with van der Waals surface area (Å²) in [4.78, 5) is -0.644. The van der Waals surface area contributed by atoms with Crippen LogP contribution >= 0.6 is 23.2 Å². The molecule has 0 heterocycles. The van der Waals surface area contributed by atoms with E-state index in [4.69, 9.17) is 23.2 Å². The van der Waals surface area contributed by atoms with Crippen LogP contribution < -0.4 is 0 Å². The van der Waals surface area contributed by atoms with Crippen LogP contribution in [-0.4, -0.2) is 5.00 Å². The molecule has 0 aliphatic rings. The zero-order valence-corrected chi connectivity index (χ0v) is 13.2. The van der Waals surface area contributed by atoms with E-state index < -0.39 is 5.00 Å². The van der Waals surface area contributed by atoms with Crippen LogP contribution in [0.5, 0.6) is 0 Å². The van der Waals surface area contributed by atoms with Crippen molar-refractivity contribution in [3.63, 3.8) is 0 Å². The van der Waals surface area contributed by atoms with Gasteiger partial charge in [0.15, 0.2) is 5.00 Å². The molecule has 0 aliphatic carbocycles. The van der Waals surface area contributed by atoms with Crippen molar-refractivity contribution in [2.24, 2.45) is 10.2 Å². The van der Waals surface area contributed by atoms with Crippen LogP contribution in [0.25, 0.3) is 0 Å². The Morgan fingerprint density at radius 3 is 2.47 bits per heavy atom. The van der Waals surface area contributed by atoms with Crippen LogP contribution in [0, 0.1) is 0 Å². The summed E-state index contributed by atoms with van der Waals surface area (Å²) in [6, 6.07) is 7.22. The minimum atomic E-state index is -0.644. The zero-order chi connectivity index (χ0) is 14.3. The number of unbranched alkanes of at least 4 members (excludes halogenated alkanes) is 1. The van der Waals surface area contributed by atoms with Gasteiger partial charge in [-0.25, -0.2) is 0 Å². The molecule has 1 atom stereocenters. The number of benzene rings is 1. The summed E-state index contributed by atoms with van der Waals surface area (Å²) in [5.41, 5.74) is 2.10. The van der Waals surface area contributed by atoms with Crippen LogP contribution in [-0.2, 0) is 0 Å². The van der Waals surface area contributed by atoms with Gasteiger partial charge in [-0.3, -0.25) is 0 Å². The molecule has 0 saturated carbocycles. The quantitative estimate of drug-likeness (QED) is 0.188. The topological polar surface area (TPSA) is 24.7 Å². The van der Waals surface area contributed by atoms with Crippen LogP contribution in [0.4, 0.5) is 5.69 Å². The third-order valence-corrected chi connectivity index (χ3v) is 3.11. The molecule has 0 N–H and O–H groups in total. The molecule has 2 nitrogen and oxygen atoms in total. The van der Waals surface area contributed by atoms with E-state index in [2.05, 4.69) is 30.2 Å². The first kappa shape index (κ1) is 16.2. The fraction of sp³-hybridized carbons (Fsp3) is 0.467. The smallest absolute Gasteiger partial charge is 0.152 e. The maximum atomic E-state index is 6.33. The summed E-state index contributed by atoms with van der Waals surface area (Å²) in [5, 5.41) is 9.04. The summed E-state index contributed by atoms with van der Waals surface area (Å²) in [7, 11) is 0. The molecule has 19 heavy (non-hydrogen) atoms. The Kier molecular flexibility index (Phi) is 6.53. The van der Waals surface area contributed by atoms with Crippen LogP contribution in [0.1, 0.15) is 40.0 Å². The molecule has 0 aromatic heterocycles. The largest absolute Gasteiger partial charge is 0.166 e. The predicted molar refractivity (Wildman–Crippen MR) is 83.5 cm³/mol. The number of rotatable bonds is 6. The summed E-state index contributed by atoms with van der Waals surface area (Å²) < 4.78 is 0. The molecule has 104 valence electrons. The molecular formula is C15H20Cl2N2. The van der Waals surface area contributed by atoms with Gasteiger partial charge in [0.25, 0.3) is 0 Å². The van der Waals surface area contributed by atoms with Gasteiger partial charge in [-0.15, -0.1) is 0 Å². The van der Waals surface area contributed by atoms with Crippen LogP contribution in [0.15, 0.2) is 46.1 Å². The molecule has 0 spiro atoms. The summed E-state index contributed by atoms with van der Waals surface area (Å²) in [6.07, 6.45) is 5.05. The van der Waals surface area contributed by atoms with E-state index in [1.807, 2.05) is 19.1 Å². The number of halogens is 2. The van der Waals surface area contributed by atoms with Crippen molar-refractivity contribution in [3.05, 3.63) is 40.9 Å². The minimum absolute atomic E-state index is 0.644. The van der Waals surface area contributed by atoms with Gasteiger partial charge in [0.2, 0.25) is 0 Å². The van der Waals surface area contributed by atoms with Crippen LogP contribution in [0.3, 0.4) is 0 Å². The van der Waals surface area contributed by atoms with E-state index >= 15 is 0 Å². The molecule has 4 heteroatoms. The van der Waals surface area contributed by atoms with Crippen molar-refractivity contribution in [1.82, 2.24) is 0 Å². The monoisotopic (exact) mass is 298 g/mol. The average Bonchev–Trinajstić information content (AvgIpc) is 2.34. The van der Waals surface area contributed by atoms with Crippen molar-refractivity contribution in [2.75, 3.05) is 0 Å². The van der Waals surface area contributed by atoms with Crippen LogP contribution in [0.2, 0.25) is 5.02 Å². The lowest BCUT2D eigenvalue weighted by Crippen LogP contribution is -2.11. The van der Waals surface area contributed by atoms with E-state index in [-0.39, 0.29) is 0 Å². The maximum absolute atomic E-state index is 6.33. The van der Waals surface area contributed by atoms with E-state index in [0.29, 0.717) is 5.02 Å². The number of nitrogens with zero attached hydrogens (tertiary/aromatic N) is 2. The highest BCUT2D eigenvalue weighted by Gasteiger charge is 2.18. The van der Waals surface area contributed by atoms with Crippen molar-refractivity contribution in [1.29, 1.82) is 0 Å². The Hall–Kier alpha value is -0.860. The number of azo groups is 1. The minimum Gasteiger partial charge on any atom is -0.166 e. The molecular weight excluding hydrogens is 279 g/mol. The molecule has 0 aliphatic heterocycles. The third-order valence-electron chi connectivity index (χ3n) is 2.59. The molecule has 0 radical (unpaired) electrons. The Bertz CT molecular complexity index is 444. The molecule has 1 unspecified atom stereocenters. The number of alkyl halides is 1. The normalized spacial score (nSPS) is 14.4. The predicted octanol–water partition coefficient (Wildman–Crippen LogP) is 6.52. The standard InChI is InChI=1S/C15H20Cl2N2/c1-12(2)6-4-5-11-15(3,17)19-18-14-9-7-13(16)8-10-14/h6-10H,4-5,11H2,1-3H3. The molecule has 0 amide bonds. The maximum Gasteiger partial charge on any atom is 0.152 e. The van der Waals surface area contributed by atoms with Gasteiger partial charge < -0.3 is 0 Å². The van der Waals surface area contributed by atoms with Crippen molar-refractivity contribution in [2.45, 2.75) is 45.0 Å². The van der Waals surface area contributed by atoms with E-state index in [0.717, 1.165) is 24.9 Å². The molecule has 1 aromatic carbocycles. The lowest BCUT2D eigenvalue weighted by atomic mass is 10.1. The molecule has 0 fully saturated rings. The number of hydrogen-bond acceptors (Lipinski definition) is 2. The molecule has 1 aromatic rings. The molecule has 0 saturated heterocycles. The van der Waals surface area contributed by atoms with Crippen molar-refractivity contribution < 1.29 is 0 Å². The Morgan fingerprint density at radius 1 is 1.26 bits per heavy atom. The Labute approximate surface area is 125 Å². The fourth-order valence-electron chi connectivity index (χ4n) is 1.54. The van der Waals surface area contributed by atoms with Gasteiger partial charge in [0.1, 0.15) is 0 Å². The fourth-order valence-corrected chi connectivity index (χ4v) is 1.83. The second kappa shape index (κ2) is 7.66. The number of hydrogen-bond donors (Lipinski definition) is 0. The van der Waals surface area contributed by atoms with Gasteiger partial charge in [-0.1, -0.05) is 34.9 Å². The second-order valence-electron chi connectivity index (χ2n) is 4.99. The lowest BCUT2D eigenvalue weighted by molar-refractivity contribution is 0.552. The number of allylic oxidation sites excluding steroid dienone is 2. The van der Waals surface area contributed by atoms with Crippen molar-refractivity contribution in [3.8, 4) is 0 Å². The summed E-state index contributed by atoms with van der Waals surface area (Å²) >= 11 is 12.1. The average molecular weight is 299 g/mol. The summed E-state index contributed by atoms with van der Waals surface area (Å²) in [6.45, 7) is 6.08. The van der Waals surface area contributed by atoms with E-state index in [9.17, 15) is 0 Å². The van der Waals surface area contributed by atoms with Gasteiger partial charge >= 0.3 is 0 Å². The van der Waals surface area contributed by atoms with Crippen molar-refractivity contribution >= 4 is 28.9 Å². The van der Waals surface area contributed by atoms with Gasteiger partial charge in [0, 0.05) is 5.02 Å². The molecule has 0 bridgehead atoms. The lowest BCUT2D eigenvalue weighted by Gasteiger charge is -2.14. The Morgan fingerprint density at radius 2 is 1.89 bits per heavy atom. The Balaban J connectivity index is 2.49. The first-order valence-electron chi connectivity index (χ1n) is 6.40. The third kappa shape index (κ3) is 7.34. The highest BCUT2D eigenvalue weighted by atomic mass is 35.5. The second-order valence-corrected chi connectivity index (χ2v) is 6.24. The highest BCUT2D eigenvalue weighted by Crippen LogP contribution is 2.27. The van der Waals surface area contributed by atoms with E-state index in [1.165, 1.54) is 5.57 Å². The molecule has 1 rings (SSSR count). The first-order valence-corrected chi connectivity index (χ1v) is 7.15.